The zero-order valence-corrected chi connectivity index (χ0v) is 10.6. The lowest BCUT2D eigenvalue weighted by molar-refractivity contribution is 0.0722. The molecule has 0 aromatic carbocycles. The predicted octanol–water partition coefficient (Wildman–Crippen LogP) is 1.06. The number of nitrogens with one attached hydrogen (secondary N) is 1. The van der Waals surface area contributed by atoms with Gasteiger partial charge in [-0.25, -0.2) is 4.98 Å². The van der Waals surface area contributed by atoms with E-state index in [1.54, 1.807) is 6.92 Å². The van der Waals surface area contributed by atoms with Crippen molar-refractivity contribution in [3.63, 3.8) is 0 Å². The maximum absolute atomic E-state index is 12.8. The Morgan fingerprint density at radius 3 is 2.94 bits per heavy atom. The third-order valence-electron chi connectivity index (χ3n) is 2.03. The van der Waals surface area contributed by atoms with Gasteiger partial charge in [-0.05, 0) is 25.3 Å². The van der Waals surface area contributed by atoms with Crippen LogP contribution in [0.25, 0.3) is 0 Å². The van der Waals surface area contributed by atoms with Gasteiger partial charge < -0.3 is 10.4 Å². The Balaban J connectivity index is 2.56. The number of aliphatic hydroxyl groups is 1. The molecule has 1 heterocycles. The van der Waals surface area contributed by atoms with Crippen molar-refractivity contribution in [3.8, 4) is 0 Å². The minimum absolute atomic E-state index is 0.00458. The van der Waals surface area contributed by atoms with Gasteiger partial charge in [0.2, 0.25) is 5.95 Å². The van der Waals surface area contributed by atoms with E-state index in [1.807, 2.05) is 6.26 Å². The predicted molar refractivity (Wildman–Crippen MR) is 65.5 cm³/mol. The van der Waals surface area contributed by atoms with Crippen molar-refractivity contribution >= 4 is 17.7 Å². The van der Waals surface area contributed by atoms with Crippen molar-refractivity contribution in [2.75, 3.05) is 18.6 Å². The molecule has 1 unspecified atom stereocenters. The van der Waals surface area contributed by atoms with Crippen LogP contribution >= 0.6 is 11.8 Å². The summed E-state index contributed by atoms with van der Waals surface area (Å²) < 4.78 is 12.8. The number of carbonyl (C=O) groups is 1. The van der Waals surface area contributed by atoms with Gasteiger partial charge in [0.25, 0.3) is 5.91 Å². The summed E-state index contributed by atoms with van der Waals surface area (Å²) in [5.41, 5.74) is -0.979. The van der Waals surface area contributed by atoms with Crippen LogP contribution in [-0.2, 0) is 0 Å². The normalized spacial score (nSPS) is 14.1. The standard InChI is InChI=1S/C11H15FN2O2S/c1-11(16,7-17-2)6-13-10(15)8-4-3-5-9(12)14-8/h3-5,16H,6-7H2,1-2H3,(H,13,15). The summed E-state index contributed by atoms with van der Waals surface area (Å²) in [5.74, 6) is -0.691. The first-order valence-electron chi connectivity index (χ1n) is 5.07. The minimum atomic E-state index is -0.984. The monoisotopic (exact) mass is 258 g/mol. The first-order valence-corrected chi connectivity index (χ1v) is 6.46. The zero-order valence-electron chi connectivity index (χ0n) is 9.74. The topological polar surface area (TPSA) is 62.2 Å². The Hall–Kier alpha value is -1.14. The maximum Gasteiger partial charge on any atom is 0.270 e. The first kappa shape index (κ1) is 13.9. The molecule has 0 saturated heterocycles. The van der Waals surface area contributed by atoms with Crippen LogP contribution < -0.4 is 5.32 Å². The Morgan fingerprint density at radius 2 is 2.35 bits per heavy atom. The summed E-state index contributed by atoms with van der Waals surface area (Å²) in [4.78, 5) is 15.0. The quantitative estimate of drug-likeness (QED) is 0.775. The van der Waals surface area contributed by atoms with Crippen molar-refractivity contribution in [1.29, 1.82) is 0 Å². The molecule has 0 saturated carbocycles. The largest absolute Gasteiger partial charge is 0.387 e. The van der Waals surface area contributed by atoms with E-state index in [-0.39, 0.29) is 12.2 Å². The van der Waals surface area contributed by atoms with Gasteiger partial charge in [-0.15, -0.1) is 0 Å². The van der Waals surface area contributed by atoms with Gasteiger partial charge in [-0.3, -0.25) is 4.79 Å². The first-order chi connectivity index (χ1) is 7.94. The Labute approximate surface area is 104 Å². The second-order valence-corrected chi connectivity index (χ2v) is 4.82. The number of pyridine rings is 1. The van der Waals surface area contributed by atoms with E-state index in [2.05, 4.69) is 10.3 Å². The molecular formula is C11H15FN2O2S. The Morgan fingerprint density at radius 1 is 1.65 bits per heavy atom. The molecule has 6 heteroatoms. The van der Waals surface area contributed by atoms with Crippen LogP contribution in [0.4, 0.5) is 4.39 Å². The number of hydrogen-bond acceptors (Lipinski definition) is 4. The smallest absolute Gasteiger partial charge is 0.270 e. The molecule has 1 atom stereocenters. The van der Waals surface area contributed by atoms with Crippen molar-refractivity contribution in [2.24, 2.45) is 0 Å². The number of rotatable bonds is 5. The van der Waals surface area contributed by atoms with Crippen molar-refractivity contribution in [3.05, 3.63) is 29.8 Å². The summed E-state index contributed by atoms with van der Waals surface area (Å²) in [5, 5.41) is 12.4. The third-order valence-corrected chi connectivity index (χ3v) is 2.94. The lowest BCUT2D eigenvalue weighted by Crippen LogP contribution is -2.42. The number of thioether (sulfide) groups is 1. The van der Waals surface area contributed by atoms with Gasteiger partial charge in [0.15, 0.2) is 0 Å². The van der Waals surface area contributed by atoms with Gasteiger partial charge in [0.05, 0.1) is 5.60 Å². The van der Waals surface area contributed by atoms with Crippen molar-refractivity contribution < 1.29 is 14.3 Å². The second-order valence-electron chi connectivity index (χ2n) is 3.96. The Bertz CT molecular complexity index is 399. The molecule has 2 N–H and O–H groups in total. The summed E-state index contributed by atoms with van der Waals surface area (Å²) in [6.45, 7) is 1.73. The molecule has 1 aromatic heterocycles. The third kappa shape index (κ3) is 4.70. The number of aromatic nitrogens is 1. The molecule has 0 aliphatic rings. The molecule has 0 aliphatic carbocycles. The molecule has 0 aliphatic heterocycles. The van der Waals surface area contributed by atoms with Crippen molar-refractivity contribution in [1.82, 2.24) is 10.3 Å². The van der Waals surface area contributed by atoms with Crippen molar-refractivity contribution in [2.45, 2.75) is 12.5 Å². The van der Waals surface area contributed by atoms with E-state index < -0.39 is 17.5 Å². The van der Waals surface area contributed by atoms with Crippen LogP contribution in [-0.4, -0.2) is 40.2 Å². The SMILES string of the molecule is CSCC(C)(O)CNC(=O)c1cccc(F)n1. The van der Waals surface area contributed by atoms with Crippen LogP contribution in [0, 0.1) is 5.95 Å². The highest BCUT2D eigenvalue weighted by atomic mass is 32.2. The van der Waals surface area contributed by atoms with E-state index >= 15 is 0 Å². The number of nitrogens with zero attached hydrogens (tertiary/aromatic N) is 1. The molecule has 0 bridgehead atoms. The highest BCUT2D eigenvalue weighted by Crippen LogP contribution is 2.09. The fourth-order valence-electron chi connectivity index (χ4n) is 1.26. The second kappa shape index (κ2) is 5.97. The maximum atomic E-state index is 12.8. The lowest BCUT2D eigenvalue weighted by atomic mass is 10.1. The summed E-state index contributed by atoms with van der Waals surface area (Å²) >= 11 is 1.48. The average molecular weight is 258 g/mol. The number of hydrogen-bond donors (Lipinski definition) is 2. The lowest BCUT2D eigenvalue weighted by Gasteiger charge is -2.22. The molecule has 1 aromatic rings. The van der Waals surface area contributed by atoms with Gasteiger partial charge >= 0.3 is 0 Å². The van der Waals surface area contributed by atoms with Gasteiger partial charge in [-0.1, -0.05) is 6.07 Å². The Kier molecular flexibility index (Phi) is 4.89. The number of amides is 1. The van der Waals surface area contributed by atoms with E-state index in [0.717, 1.165) is 0 Å². The molecule has 0 fully saturated rings. The molecule has 1 rings (SSSR count). The fourth-order valence-corrected chi connectivity index (χ4v) is 1.98. The highest BCUT2D eigenvalue weighted by Gasteiger charge is 2.21. The van der Waals surface area contributed by atoms with E-state index in [1.165, 1.54) is 30.0 Å². The fraction of sp³-hybridized carbons (Fsp3) is 0.455. The zero-order chi connectivity index (χ0) is 12.9. The number of halogens is 1. The van der Waals surface area contributed by atoms with Gasteiger partial charge in [0, 0.05) is 12.3 Å². The molecular weight excluding hydrogens is 243 g/mol. The van der Waals surface area contributed by atoms with E-state index in [4.69, 9.17) is 0 Å². The van der Waals surface area contributed by atoms with Gasteiger partial charge in [0.1, 0.15) is 5.69 Å². The van der Waals surface area contributed by atoms with Crippen LogP contribution in [0.2, 0.25) is 0 Å². The van der Waals surface area contributed by atoms with Crippen LogP contribution in [0.15, 0.2) is 18.2 Å². The van der Waals surface area contributed by atoms with Gasteiger partial charge in [-0.2, -0.15) is 16.2 Å². The van der Waals surface area contributed by atoms with E-state index in [0.29, 0.717) is 5.75 Å². The van der Waals surface area contributed by atoms with E-state index in [9.17, 15) is 14.3 Å². The van der Waals surface area contributed by atoms with Crippen LogP contribution in [0.5, 0.6) is 0 Å². The highest BCUT2D eigenvalue weighted by molar-refractivity contribution is 7.98. The molecule has 0 radical (unpaired) electrons. The summed E-state index contributed by atoms with van der Waals surface area (Å²) in [6, 6.07) is 4.00. The molecule has 1 amide bonds. The summed E-state index contributed by atoms with van der Waals surface area (Å²) in [6.07, 6.45) is 1.87. The van der Waals surface area contributed by atoms with Crippen LogP contribution in [0.3, 0.4) is 0 Å². The molecule has 0 spiro atoms. The summed E-state index contributed by atoms with van der Waals surface area (Å²) in [7, 11) is 0. The average Bonchev–Trinajstić information content (AvgIpc) is 2.26. The van der Waals surface area contributed by atoms with Crippen LogP contribution in [0.1, 0.15) is 17.4 Å². The molecule has 4 nitrogen and oxygen atoms in total. The minimum Gasteiger partial charge on any atom is -0.387 e. The number of carbonyl (C=O) groups excluding carboxylic acids is 1. The molecule has 17 heavy (non-hydrogen) atoms. The molecule has 94 valence electrons.